The Bertz CT molecular complexity index is 884. The highest BCUT2D eigenvalue weighted by atomic mass is 32.1. The molecule has 0 unspecified atom stereocenters. The Balaban J connectivity index is 1.42. The van der Waals surface area contributed by atoms with Gasteiger partial charge in [0.15, 0.2) is 0 Å². The monoisotopic (exact) mass is 427 g/mol. The highest BCUT2D eigenvalue weighted by Crippen LogP contribution is 2.34. The fraction of sp³-hybridized carbons (Fsp3) is 0.545. The quantitative estimate of drug-likeness (QED) is 0.766. The number of rotatable bonds is 5. The number of thiophene rings is 1. The third-order valence-corrected chi connectivity index (χ3v) is 7.37. The van der Waals surface area contributed by atoms with Crippen LogP contribution in [0, 0.1) is 5.92 Å². The molecule has 2 N–H and O–H groups in total. The summed E-state index contributed by atoms with van der Waals surface area (Å²) < 4.78 is 0. The lowest BCUT2D eigenvalue weighted by atomic mass is 9.93. The average Bonchev–Trinajstić information content (AvgIpc) is 3.45. The van der Waals surface area contributed by atoms with Crippen LogP contribution in [-0.4, -0.2) is 53.1 Å². The molecule has 0 saturated carbocycles. The molecule has 1 atom stereocenters. The predicted molar refractivity (Wildman–Crippen MR) is 116 cm³/mol. The SMILES string of the molecule is CC(C)C(=O)N1CCC(c2ccc(C(=O)N[C@@]3(c4cccnn4)CCNC3)s2)CC1. The van der Waals surface area contributed by atoms with E-state index in [0.29, 0.717) is 12.5 Å². The van der Waals surface area contributed by atoms with E-state index in [1.165, 1.54) is 4.88 Å². The number of carbonyl (C=O) groups excluding carboxylic acids is 2. The van der Waals surface area contributed by atoms with Crippen LogP contribution in [0.2, 0.25) is 0 Å². The van der Waals surface area contributed by atoms with Crippen molar-refractivity contribution in [1.82, 2.24) is 25.7 Å². The molecule has 0 radical (unpaired) electrons. The van der Waals surface area contributed by atoms with Gasteiger partial charge >= 0.3 is 0 Å². The molecule has 160 valence electrons. The average molecular weight is 428 g/mol. The number of hydrogen-bond donors (Lipinski definition) is 2. The highest BCUT2D eigenvalue weighted by Gasteiger charge is 2.39. The molecule has 0 spiro atoms. The van der Waals surface area contributed by atoms with Crippen molar-refractivity contribution < 1.29 is 9.59 Å². The fourth-order valence-electron chi connectivity index (χ4n) is 4.36. The van der Waals surface area contributed by atoms with Crippen LogP contribution in [0.25, 0.3) is 0 Å². The first kappa shape index (κ1) is 20.9. The van der Waals surface area contributed by atoms with E-state index in [-0.39, 0.29) is 17.7 Å². The van der Waals surface area contributed by atoms with Gasteiger partial charge in [0, 0.05) is 36.6 Å². The van der Waals surface area contributed by atoms with E-state index in [0.717, 1.165) is 49.5 Å². The van der Waals surface area contributed by atoms with Gasteiger partial charge in [-0.2, -0.15) is 10.2 Å². The Morgan fingerprint density at radius 1 is 1.27 bits per heavy atom. The standard InChI is InChI=1S/C22H29N5O2S/c1-15(2)21(29)27-12-7-16(8-13-27)17-5-6-18(30-17)20(28)25-22(9-11-23-14-22)19-4-3-10-24-26-19/h3-6,10,15-16,23H,7-9,11-14H2,1-2H3,(H,25,28)/t22-/m0/s1. The molecule has 4 rings (SSSR count). The number of carbonyl (C=O) groups is 2. The smallest absolute Gasteiger partial charge is 0.262 e. The predicted octanol–water partition coefficient (Wildman–Crippen LogP) is 2.52. The van der Waals surface area contributed by atoms with Crippen molar-refractivity contribution in [3.63, 3.8) is 0 Å². The van der Waals surface area contributed by atoms with Crippen molar-refractivity contribution in [2.24, 2.45) is 5.92 Å². The van der Waals surface area contributed by atoms with Crippen LogP contribution in [0.4, 0.5) is 0 Å². The molecule has 30 heavy (non-hydrogen) atoms. The zero-order chi connectivity index (χ0) is 21.1. The first-order chi connectivity index (χ1) is 14.5. The first-order valence-corrected chi connectivity index (χ1v) is 11.5. The molecule has 2 amide bonds. The van der Waals surface area contributed by atoms with Crippen molar-refractivity contribution in [1.29, 1.82) is 0 Å². The van der Waals surface area contributed by atoms with Crippen LogP contribution in [0.15, 0.2) is 30.5 Å². The van der Waals surface area contributed by atoms with E-state index in [1.54, 1.807) is 17.5 Å². The van der Waals surface area contributed by atoms with Crippen LogP contribution in [0.3, 0.4) is 0 Å². The Hall–Kier alpha value is -2.32. The minimum atomic E-state index is -0.516. The number of aromatic nitrogens is 2. The molecule has 2 aromatic rings. The van der Waals surface area contributed by atoms with Gasteiger partial charge in [-0.25, -0.2) is 0 Å². The van der Waals surface area contributed by atoms with Crippen molar-refractivity contribution in [2.45, 2.75) is 44.6 Å². The molecular formula is C22H29N5O2S. The second-order valence-electron chi connectivity index (χ2n) is 8.53. The minimum Gasteiger partial charge on any atom is -0.342 e. The second-order valence-corrected chi connectivity index (χ2v) is 9.64. The van der Waals surface area contributed by atoms with Gasteiger partial charge in [-0.1, -0.05) is 13.8 Å². The molecule has 2 saturated heterocycles. The second kappa shape index (κ2) is 8.81. The summed E-state index contributed by atoms with van der Waals surface area (Å²) in [5, 5.41) is 14.8. The number of likely N-dealkylation sites (tertiary alicyclic amines) is 1. The molecular weight excluding hydrogens is 398 g/mol. The lowest BCUT2D eigenvalue weighted by Gasteiger charge is -2.32. The van der Waals surface area contributed by atoms with E-state index >= 15 is 0 Å². The number of hydrogen-bond acceptors (Lipinski definition) is 6. The van der Waals surface area contributed by atoms with Crippen LogP contribution < -0.4 is 10.6 Å². The Morgan fingerprint density at radius 2 is 2.07 bits per heavy atom. The zero-order valence-corrected chi connectivity index (χ0v) is 18.4. The molecule has 2 aromatic heterocycles. The third kappa shape index (κ3) is 4.25. The summed E-state index contributed by atoms with van der Waals surface area (Å²) in [6, 6.07) is 7.78. The minimum absolute atomic E-state index is 0.0466. The van der Waals surface area contributed by atoms with Crippen LogP contribution in [0.5, 0.6) is 0 Å². The summed E-state index contributed by atoms with van der Waals surface area (Å²) in [6.45, 7) is 6.97. The fourth-order valence-corrected chi connectivity index (χ4v) is 5.43. The summed E-state index contributed by atoms with van der Waals surface area (Å²) >= 11 is 1.57. The van der Waals surface area contributed by atoms with Gasteiger partial charge < -0.3 is 15.5 Å². The summed E-state index contributed by atoms with van der Waals surface area (Å²) in [5.41, 5.74) is 0.278. The largest absolute Gasteiger partial charge is 0.342 e. The van der Waals surface area contributed by atoms with Gasteiger partial charge in [0.05, 0.1) is 16.1 Å². The van der Waals surface area contributed by atoms with Crippen LogP contribution in [-0.2, 0) is 10.3 Å². The molecule has 0 bridgehead atoms. The van der Waals surface area contributed by atoms with E-state index in [9.17, 15) is 9.59 Å². The number of nitrogens with zero attached hydrogens (tertiary/aromatic N) is 3. The van der Waals surface area contributed by atoms with Gasteiger partial charge in [0.1, 0.15) is 0 Å². The lowest BCUT2D eigenvalue weighted by Crippen LogP contribution is -2.48. The molecule has 2 aliphatic rings. The van der Waals surface area contributed by atoms with Gasteiger partial charge in [0.25, 0.3) is 5.91 Å². The van der Waals surface area contributed by atoms with Crippen LogP contribution in [0.1, 0.15) is 59.3 Å². The van der Waals surface area contributed by atoms with Crippen molar-refractivity contribution in [3.05, 3.63) is 45.9 Å². The van der Waals surface area contributed by atoms with Crippen LogP contribution >= 0.6 is 11.3 Å². The highest BCUT2D eigenvalue weighted by molar-refractivity contribution is 7.14. The molecule has 2 aliphatic heterocycles. The van der Waals surface area contributed by atoms with Gasteiger partial charge in [-0.05, 0) is 56.0 Å². The molecule has 0 aliphatic carbocycles. The van der Waals surface area contributed by atoms with E-state index in [1.807, 2.05) is 36.9 Å². The lowest BCUT2D eigenvalue weighted by molar-refractivity contribution is -0.135. The number of nitrogens with one attached hydrogen (secondary N) is 2. The van der Waals surface area contributed by atoms with Gasteiger partial charge in [-0.3, -0.25) is 9.59 Å². The Morgan fingerprint density at radius 3 is 2.70 bits per heavy atom. The molecule has 4 heterocycles. The summed E-state index contributed by atoms with van der Waals surface area (Å²) in [6.07, 6.45) is 4.34. The molecule has 8 heteroatoms. The van der Waals surface area contributed by atoms with E-state index in [4.69, 9.17) is 0 Å². The van der Waals surface area contributed by atoms with Gasteiger partial charge in [0.2, 0.25) is 5.91 Å². The van der Waals surface area contributed by atoms with Gasteiger partial charge in [-0.15, -0.1) is 11.3 Å². The maximum Gasteiger partial charge on any atom is 0.262 e. The Kier molecular flexibility index (Phi) is 6.15. The Labute approximate surface area is 181 Å². The maximum absolute atomic E-state index is 13.1. The van der Waals surface area contributed by atoms with Crippen molar-refractivity contribution in [2.75, 3.05) is 26.2 Å². The van der Waals surface area contributed by atoms with E-state index in [2.05, 4.69) is 26.9 Å². The number of piperidine rings is 1. The topological polar surface area (TPSA) is 87.2 Å². The normalized spacial score (nSPS) is 22.4. The molecule has 0 aromatic carbocycles. The van der Waals surface area contributed by atoms with E-state index < -0.39 is 5.54 Å². The third-order valence-electron chi connectivity index (χ3n) is 6.12. The maximum atomic E-state index is 13.1. The summed E-state index contributed by atoms with van der Waals surface area (Å²) in [7, 11) is 0. The van der Waals surface area contributed by atoms with Crippen molar-refractivity contribution >= 4 is 23.2 Å². The molecule has 7 nitrogen and oxygen atoms in total. The first-order valence-electron chi connectivity index (χ1n) is 10.7. The zero-order valence-electron chi connectivity index (χ0n) is 17.6. The summed E-state index contributed by atoms with van der Waals surface area (Å²) in [5.74, 6) is 0.632. The van der Waals surface area contributed by atoms with Crippen molar-refractivity contribution in [3.8, 4) is 0 Å². The summed E-state index contributed by atoms with van der Waals surface area (Å²) in [4.78, 5) is 29.2. The molecule has 2 fully saturated rings. The number of amides is 2.